The van der Waals surface area contributed by atoms with E-state index in [0.717, 1.165) is 27.8 Å². The summed E-state index contributed by atoms with van der Waals surface area (Å²) in [6, 6.07) is 15.3. The largest absolute Gasteiger partial charge is 0.495 e. The minimum Gasteiger partial charge on any atom is -0.495 e. The topological polar surface area (TPSA) is 132 Å². The van der Waals surface area contributed by atoms with Gasteiger partial charge in [0.05, 0.1) is 25.3 Å². The molecule has 4 heterocycles. The number of aromatic nitrogens is 3. The van der Waals surface area contributed by atoms with Crippen molar-refractivity contribution < 1.29 is 19.4 Å². The van der Waals surface area contributed by atoms with Gasteiger partial charge in [0.25, 0.3) is 0 Å². The number of aliphatic hydroxyl groups is 1. The van der Waals surface area contributed by atoms with Gasteiger partial charge in [-0.05, 0) is 48.2 Å². The van der Waals surface area contributed by atoms with Crippen LogP contribution in [0.3, 0.4) is 0 Å². The number of amides is 1. The number of hydrogen-bond donors (Lipinski definition) is 3. The number of anilines is 2. The van der Waals surface area contributed by atoms with Crippen molar-refractivity contribution >= 4 is 17.5 Å². The normalized spacial score (nSPS) is 14.2. The lowest BCUT2D eigenvalue weighted by molar-refractivity contribution is -0.125. The summed E-state index contributed by atoms with van der Waals surface area (Å²) in [6.45, 7) is 0.803. The van der Waals surface area contributed by atoms with Crippen molar-refractivity contribution in [2.24, 2.45) is 0 Å². The number of aliphatic hydroxyl groups excluding tert-OH is 1. The van der Waals surface area contributed by atoms with E-state index in [1.165, 1.54) is 0 Å². The van der Waals surface area contributed by atoms with Gasteiger partial charge in [0.15, 0.2) is 0 Å². The highest BCUT2D eigenvalue weighted by Crippen LogP contribution is 2.37. The first kappa shape index (κ1) is 27.7. The maximum Gasteiger partial charge on any atom is 0.236 e. The molecule has 1 saturated heterocycles. The molecule has 39 heavy (non-hydrogen) atoms. The van der Waals surface area contributed by atoms with Gasteiger partial charge in [-0.1, -0.05) is 31.7 Å². The lowest BCUT2D eigenvalue weighted by atomic mass is 9.73. The molecule has 1 aliphatic rings. The van der Waals surface area contributed by atoms with Crippen molar-refractivity contribution in [3.8, 4) is 28.0 Å². The Balaban J connectivity index is 0.00000353. The van der Waals surface area contributed by atoms with Crippen LogP contribution in [0.2, 0.25) is 0 Å². The van der Waals surface area contributed by atoms with Crippen LogP contribution in [0.4, 0.5) is 11.6 Å². The Kier molecular flexibility index (Phi) is 8.53. The number of benzene rings is 1. The molecule has 1 fully saturated rings. The Labute approximate surface area is 228 Å². The molecule has 0 aliphatic carbocycles. The highest BCUT2D eigenvalue weighted by molar-refractivity contribution is 5.99. The van der Waals surface area contributed by atoms with Crippen LogP contribution >= 0.6 is 0 Å². The average Bonchev–Trinajstić information content (AvgIpc) is 2.98. The third kappa shape index (κ3) is 5.74. The number of carbonyl (C=O) groups is 1. The fourth-order valence-corrected chi connectivity index (χ4v) is 4.72. The zero-order valence-corrected chi connectivity index (χ0v) is 21.1. The molecule has 4 N–H and O–H groups in total. The van der Waals surface area contributed by atoms with E-state index in [0.29, 0.717) is 49.0 Å². The molecule has 1 aromatic carbocycles. The second-order valence-electron chi connectivity index (χ2n) is 9.20. The monoisotopic (exact) mass is 527 g/mol. The number of nitrogen functional groups attached to an aromatic ring is 1. The number of methoxy groups -OCH3 is 1. The number of carbonyl (C=O) groups excluding carboxylic acids is 1. The number of rotatable bonds is 7. The minimum absolute atomic E-state index is 0. The molecule has 1 amide bonds. The third-order valence-electron chi connectivity index (χ3n) is 7.01. The van der Waals surface area contributed by atoms with Gasteiger partial charge < -0.3 is 25.6 Å². The highest BCUT2D eigenvalue weighted by Gasteiger charge is 2.42. The molecule has 0 spiro atoms. The number of nitrogens with two attached hydrogens (primary N) is 1. The van der Waals surface area contributed by atoms with E-state index in [4.69, 9.17) is 15.2 Å². The lowest BCUT2D eigenvalue weighted by Gasteiger charge is -2.36. The molecule has 0 atom stereocenters. The lowest BCUT2D eigenvalue weighted by Crippen LogP contribution is -2.45. The zero-order chi connectivity index (χ0) is 26.5. The van der Waals surface area contributed by atoms with Gasteiger partial charge in [-0.15, -0.1) is 0 Å². The Morgan fingerprint density at radius 1 is 0.974 bits per heavy atom. The van der Waals surface area contributed by atoms with Gasteiger partial charge in [0.1, 0.15) is 17.4 Å². The summed E-state index contributed by atoms with van der Waals surface area (Å²) in [4.78, 5) is 26.6. The standard InChI is InChI=1S/C29H29N5O4.CH4/c1-37-25-13-22(14-31-17-25)20-4-7-26(32-15-20)34-28(36)29(8-10-38-11-9-29)24-5-2-19(3-6-24)21-12-23(18-35)27(30)33-16-21;/h2-7,12-17,35H,8-11,18H2,1H3,(H2,30,33)(H,32,34,36);1H4. The predicted octanol–water partition coefficient (Wildman–Crippen LogP) is 4.61. The molecule has 0 bridgehead atoms. The molecule has 3 aromatic heterocycles. The number of ether oxygens (including phenoxy) is 2. The summed E-state index contributed by atoms with van der Waals surface area (Å²) < 4.78 is 10.9. The molecule has 9 nitrogen and oxygen atoms in total. The molecular formula is C30H33N5O4. The van der Waals surface area contributed by atoms with Crippen molar-refractivity contribution in [2.45, 2.75) is 32.3 Å². The van der Waals surface area contributed by atoms with E-state index < -0.39 is 5.41 Å². The molecular weight excluding hydrogens is 494 g/mol. The second-order valence-corrected chi connectivity index (χ2v) is 9.20. The summed E-state index contributed by atoms with van der Waals surface area (Å²) in [5.41, 5.74) is 10.1. The molecule has 1 aliphatic heterocycles. The van der Waals surface area contributed by atoms with Gasteiger partial charge in [0.2, 0.25) is 5.91 Å². The second kappa shape index (κ2) is 12.0. The van der Waals surface area contributed by atoms with Crippen LogP contribution in [-0.2, 0) is 21.6 Å². The van der Waals surface area contributed by atoms with Crippen molar-refractivity contribution in [2.75, 3.05) is 31.4 Å². The maximum absolute atomic E-state index is 13.7. The average molecular weight is 528 g/mol. The molecule has 4 aromatic rings. The van der Waals surface area contributed by atoms with E-state index in [2.05, 4.69) is 20.3 Å². The smallest absolute Gasteiger partial charge is 0.236 e. The maximum atomic E-state index is 13.7. The van der Waals surface area contributed by atoms with E-state index in [9.17, 15) is 9.90 Å². The molecule has 5 rings (SSSR count). The van der Waals surface area contributed by atoms with Crippen molar-refractivity contribution in [1.29, 1.82) is 0 Å². The van der Waals surface area contributed by atoms with E-state index in [-0.39, 0.29) is 19.9 Å². The first-order chi connectivity index (χ1) is 18.5. The summed E-state index contributed by atoms with van der Waals surface area (Å²) in [6.07, 6.45) is 7.89. The summed E-state index contributed by atoms with van der Waals surface area (Å²) in [5, 5.41) is 12.5. The van der Waals surface area contributed by atoms with Crippen LogP contribution in [-0.4, -0.2) is 46.3 Å². The summed E-state index contributed by atoms with van der Waals surface area (Å²) in [5.74, 6) is 1.33. The molecule has 202 valence electrons. The van der Waals surface area contributed by atoms with E-state index in [1.54, 1.807) is 38.0 Å². The molecule has 9 heteroatoms. The van der Waals surface area contributed by atoms with Crippen LogP contribution in [0, 0.1) is 0 Å². The highest BCUT2D eigenvalue weighted by atomic mass is 16.5. The zero-order valence-electron chi connectivity index (χ0n) is 21.1. The van der Waals surface area contributed by atoms with Crippen LogP contribution in [0.25, 0.3) is 22.3 Å². The molecule has 0 saturated carbocycles. The van der Waals surface area contributed by atoms with Crippen LogP contribution in [0.5, 0.6) is 5.75 Å². The fraction of sp³-hybridized carbons (Fsp3) is 0.267. The van der Waals surface area contributed by atoms with Gasteiger partial charge >= 0.3 is 0 Å². The Hall–Kier alpha value is -4.34. The quantitative estimate of drug-likeness (QED) is 0.317. The van der Waals surface area contributed by atoms with Gasteiger partial charge in [-0.3, -0.25) is 9.78 Å². The minimum atomic E-state index is -0.747. The number of hydrogen-bond acceptors (Lipinski definition) is 8. The van der Waals surface area contributed by atoms with Gasteiger partial charge in [-0.2, -0.15) is 0 Å². The SMILES string of the molecule is C.COc1cncc(-c2ccc(NC(=O)C3(c4ccc(-c5cnc(N)c(CO)c5)cc4)CCOCC3)nc2)c1. The van der Waals surface area contributed by atoms with Gasteiger partial charge in [-0.25, -0.2) is 9.97 Å². The Bertz CT molecular complexity index is 1420. The van der Waals surface area contributed by atoms with Crippen molar-refractivity contribution in [1.82, 2.24) is 15.0 Å². The van der Waals surface area contributed by atoms with Crippen LogP contribution in [0.15, 0.2) is 73.3 Å². The summed E-state index contributed by atoms with van der Waals surface area (Å²) in [7, 11) is 1.60. The van der Waals surface area contributed by atoms with Crippen molar-refractivity contribution in [3.05, 3.63) is 84.4 Å². The first-order valence-electron chi connectivity index (χ1n) is 12.3. The molecule has 0 unspecified atom stereocenters. The number of nitrogens with one attached hydrogen (secondary N) is 1. The number of nitrogens with zero attached hydrogens (tertiary/aromatic N) is 3. The summed E-state index contributed by atoms with van der Waals surface area (Å²) >= 11 is 0. The predicted molar refractivity (Wildman–Crippen MR) is 151 cm³/mol. The Morgan fingerprint density at radius 3 is 2.33 bits per heavy atom. The van der Waals surface area contributed by atoms with E-state index >= 15 is 0 Å². The van der Waals surface area contributed by atoms with Gasteiger partial charge in [0, 0.05) is 54.1 Å². The fourth-order valence-electron chi connectivity index (χ4n) is 4.72. The third-order valence-corrected chi connectivity index (χ3v) is 7.01. The van der Waals surface area contributed by atoms with Crippen molar-refractivity contribution in [3.63, 3.8) is 0 Å². The Morgan fingerprint density at radius 2 is 1.67 bits per heavy atom. The first-order valence-corrected chi connectivity index (χ1v) is 12.3. The van der Waals surface area contributed by atoms with E-state index in [1.807, 2.05) is 42.5 Å². The van der Waals surface area contributed by atoms with Crippen LogP contribution in [0.1, 0.15) is 31.4 Å². The number of pyridine rings is 3. The molecule has 0 radical (unpaired) electrons. The van der Waals surface area contributed by atoms with Crippen LogP contribution < -0.4 is 15.8 Å².